The molecule has 0 aliphatic heterocycles. The van der Waals surface area contributed by atoms with E-state index < -0.39 is 29.3 Å². The molecule has 0 radical (unpaired) electrons. The highest BCUT2D eigenvalue weighted by molar-refractivity contribution is 5.98. The Hall–Kier alpha value is -3.30. The van der Waals surface area contributed by atoms with Crippen LogP contribution < -0.4 is 9.47 Å². The van der Waals surface area contributed by atoms with Crippen molar-refractivity contribution < 1.29 is 32.4 Å². The number of carbonyl (C=O) groups excluding carboxylic acids is 1. The van der Waals surface area contributed by atoms with E-state index in [1.54, 1.807) is 0 Å². The van der Waals surface area contributed by atoms with Crippen molar-refractivity contribution in [3.05, 3.63) is 63.7 Å². The van der Waals surface area contributed by atoms with Gasteiger partial charge >= 0.3 is 6.18 Å². The van der Waals surface area contributed by atoms with Gasteiger partial charge in [-0.3, -0.25) is 14.9 Å². The second-order valence-corrected chi connectivity index (χ2v) is 6.53. The minimum Gasteiger partial charge on any atom is -0.493 e. The van der Waals surface area contributed by atoms with Crippen molar-refractivity contribution in [2.24, 2.45) is 0 Å². The highest BCUT2D eigenvalue weighted by Gasteiger charge is 2.29. The summed E-state index contributed by atoms with van der Waals surface area (Å²) in [5, 5.41) is 11.2. The summed E-state index contributed by atoms with van der Waals surface area (Å²) in [6.45, 7) is 0.886. The first-order valence-electron chi connectivity index (χ1n) is 9.00. The predicted molar refractivity (Wildman–Crippen MR) is 103 cm³/mol. The lowest BCUT2D eigenvalue weighted by Gasteiger charge is -2.18. The van der Waals surface area contributed by atoms with Crippen molar-refractivity contribution in [3.63, 3.8) is 0 Å². The Balaban J connectivity index is 2.02. The SMILES string of the molecule is Cc1ccccc1OCCCN(C)C(=O)c1cc(OCC(F)(F)F)ccc1[N+](=O)[O-]. The van der Waals surface area contributed by atoms with Gasteiger partial charge in [-0.15, -0.1) is 0 Å². The molecule has 0 spiro atoms. The summed E-state index contributed by atoms with van der Waals surface area (Å²) >= 11 is 0. The number of benzene rings is 2. The van der Waals surface area contributed by atoms with Gasteiger partial charge in [0.25, 0.3) is 11.6 Å². The Morgan fingerprint density at radius 1 is 1.17 bits per heavy atom. The quantitative estimate of drug-likeness (QED) is 0.338. The number of carbonyl (C=O) groups is 1. The molecule has 0 N–H and O–H groups in total. The smallest absolute Gasteiger partial charge is 0.422 e. The number of nitro groups is 1. The van der Waals surface area contributed by atoms with Crippen LogP contribution in [-0.4, -0.2) is 48.7 Å². The normalized spacial score (nSPS) is 11.1. The highest BCUT2D eigenvalue weighted by Crippen LogP contribution is 2.27. The molecule has 10 heteroatoms. The number of nitrogens with zero attached hydrogens (tertiary/aromatic N) is 2. The monoisotopic (exact) mass is 426 g/mol. The van der Waals surface area contributed by atoms with Crippen LogP contribution in [0.1, 0.15) is 22.3 Å². The van der Waals surface area contributed by atoms with Crippen LogP contribution in [0.5, 0.6) is 11.5 Å². The first-order chi connectivity index (χ1) is 14.1. The number of amides is 1. The highest BCUT2D eigenvalue weighted by atomic mass is 19.4. The number of rotatable bonds is 9. The van der Waals surface area contributed by atoms with Crippen LogP contribution in [0.15, 0.2) is 42.5 Å². The van der Waals surface area contributed by atoms with Crippen LogP contribution >= 0.6 is 0 Å². The number of aryl methyl sites for hydroxylation is 1. The van der Waals surface area contributed by atoms with E-state index in [0.29, 0.717) is 13.0 Å². The molecule has 0 saturated carbocycles. The summed E-state index contributed by atoms with van der Waals surface area (Å²) in [6.07, 6.45) is -4.12. The minimum absolute atomic E-state index is 0.232. The van der Waals surface area contributed by atoms with Crippen LogP contribution in [0.3, 0.4) is 0 Å². The van der Waals surface area contributed by atoms with Crippen molar-refractivity contribution in [1.82, 2.24) is 4.90 Å². The summed E-state index contributed by atoms with van der Waals surface area (Å²) in [7, 11) is 1.45. The second kappa shape index (κ2) is 9.95. The van der Waals surface area contributed by atoms with E-state index in [2.05, 4.69) is 4.74 Å². The number of hydrogen-bond donors (Lipinski definition) is 0. The summed E-state index contributed by atoms with van der Waals surface area (Å²) in [5.74, 6) is -0.260. The molecule has 1 amide bonds. The maximum atomic E-state index is 12.6. The summed E-state index contributed by atoms with van der Waals surface area (Å²) < 4.78 is 47.3. The topological polar surface area (TPSA) is 81.9 Å². The molecule has 0 aliphatic carbocycles. The molecule has 2 rings (SSSR count). The van der Waals surface area contributed by atoms with Crippen LogP contribution in [0.4, 0.5) is 18.9 Å². The number of hydrogen-bond acceptors (Lipinski definition) is 5. The van der Waals surface area contributed by atoms with Crippen molar-refractivity contribution in [2.45, 2.75) is 19.5 Å². The van der Waals surface area contributed by atoms with Crippen molar-refractivity contribution in [1.29, 1.82) is 0 Å². The van der Waals surface area contributed by atoms with Crippen LogP contribution in [0.25, 0.3) is 0 Å². The lowest BCUT2D eigenvalue weighted by Crippen LogP contribution is -2.29. The maximum absolute atomic E-state index is 12.6. The third-order valence-corrected chi connectivity index (χ3v) is 4.13. The Labute approximate surface area is 171 Å². The van der Waals surface area contributed by atoms with Crippen LogP contribution in [0.2, 0.25) is 0 Å². The zero-order chi connectivity index (χ0) is 22.3. The number of ether oxygens (including phenoxy) is 2. The number of alkyl halides is 3. The van der Waals surface area contributed by atoms with Crippen molar-refractivity contribution in [3.8, 4) is 11.5 Å². The lowest BCUT2D eigenvalue weighted by atomic mass is 10.1. The molecule has 2 aromatic rings. The molecule has 2 aromatic carbocycles. The number of para-hydroxylation sites is 1. The van der Waals surface area contributed by atoms with Gasteiger partial charge in [0, 0.05) is 19.7 Å². The van der Waals surface area contributed by atoms with Gasteiger partial charge in [-0.1, -0.05) is 18.2 Å². The molecule has 162 valence electrons. The molecular weight excluding hydrogens is 405 g/mol. The van der Waals surface area contributed by atoms with E-state index >= 15 is 0 Å². The Kier molecular flexibility index (Phi) is 7.62. The Morgan fingerprint density at radius 2 is 1.87 bits per heavy atom. The van der Waals surface area contributed by atoms with Crippen LogP contribution in [0, 0.1) is 17.0 Å². The summed E-state index contributed by atoms with van der Waals surface area (Å²) in [5.41, 5.74) is 0.109. The molecule has 0 saturated heterocycles. The third-order valence-electron chi connectivity index (χ3n) is 4.13. The molecule has 0 aliphatic rings. The summed E-state index contributed by atoms with van der Waals surface area (Å²) in [4.78, 5) is 24.3. The van der Waals surface area contributed by atoms with Gasteiger partial charge in [0.1, 0.15) is 17.1 Å². The summed E-state index contributed by atoms with van der Waals surface area (Å²) in [6, 6.07) is 10.4. The third kappa shape index (κ3) is 6.64. The molecule has 0 fully saturated rings. The molecule has 0 bridgehead atoms. The van der Waals surface area contributed by atoms with Gasteiger partial charge < -0.3 is 14.4 Å². The molecule has 0 aromatic heterocycles. The van der Waals surface area contributed by atoms with E-state index in [0.717, 1.165) is 29.5 Å². The average Bonchev–Trinajstić information content (AvgIpc) is 2.69. The van der Waals surface area contributed by atoms with Gasteiger partial charge in [-0.05, 0) is 37.1 Å². The van der Waals surface area contributed by atoms with E-state index in [1.807, 2.05) is 31.2 Å². The van der Waals surface area contributed by atoms with E-state index in [1.165, 1.54) is 11.9 Å². The van der Waals surface area contributed by atoms with E-state index in [4.69, 9.17) is 4.74 Å². The largest absolute Gasteiger partial charge is 0.493 e. The fourth-order valence-corrected chi connectivity index (χ4v) is 2.61. The molecule has 30 heavy (non-hydrogen) atoms. The fraction of sp³-hybridized carbons (Fsp3) is 0.350. The molecule has 0 heterocycles. The van der Waals surface area contributed by atoms with Gasteiger partial charge in [-0.2, -0.15) is 13.2 Å². The average molecular weight is 426 g/mol. The zero-order valence-corrected chi connectivity index (χ0v) is 16.4. The number of halogens is 3. The standard InChI is InChI=1S/C20H21F3N2O5/c1-14-6-3-4-7-18(14)29-11-5-10-24(2)19(26)16-12-15(30-13-20(21,22)23)8-9-17(16)25(27)28/h3-4,6-9,12H,5,10-11,13H2,1-2H3. The molecule has 0 unspecified atom stereocenters. The van der Waals surface area contributed by atoms with Gasteiger partial charge in [0.05, 0.1) is 11.5 Å². The van der Waals surface area contributed by atoms with E-state index in [-0.39, 0.29) is 17.9 Å². The van der Waals surface area contributed by atoms with Gasteiger partial charge in [-0.25, -0.2) is 0 Å². The van der Waals surface area contributed by atoms with Gasteiger partial charge in [0.2, 0.25) is 0 Å². The van der Waals surface area contributed by atoms with Gasteiger partial charge in [0.15, 0.2) is 6.61 Å². The second-order valence-electron chi connectivity index (χ2n) is 6.53. The van der Waals surface area contributed by atoms with Crippen molar-refractivity contribution in [2.75, 3.05) is 26.8 Å². The maximum Gasteiger partial charge on any atom is 0.422 e. The molecular formula is C20H21F3N2O5. The lowest BCUT2D eigenvalue weighted by molar-refractivity contribution is -0.385. The predicted octanol–water partition coefficient (Wildman–Crippen LogP) is 4.39. The van der Waals surface area contributed by atoms with Crippen LogP contribution in [-0.2, 0) is 0 Å². The Bertz CT molecular complexity index is 902. The first kappa shape index (κ1) is 23.0. The van der Waals surface area contributed by atoms with E-state index in [9.17, 15) is 28.1 Å². The number of nitro benzene ring substituents is 1. The molecule has 0 atom stereocenters. The Morgan fingerprint density at radius 3 is 2.50 bits per heavy atom. The minimum atomic E-state index is -4.57. The zero-order valence-electron chi connectivity index (χ0n) is 16.4. The first-order valence-corrected chi connectivity index (χ1v) is 9.00. The van der Waals surface area contributed by atoms with Crippen molar-refractivity contribution >= 4 is 11.6 Å². The molecule has 7 nitrogen and oxygen atoms in total. The fourth-order valence-electron chi connectivity index (χ4n) is 2.61.